The van der Waals surface area contributed by atoms with Gasteiger partial charge in [-0.25, -0.2) is 4.98 Å². The zero-order chi connectivity index (χ0) is 25.9. The van der Waals surface area contributed by atoms with Gasteiger partial charge in [-0.2, -0.15) is 10.5 Å². The molecule has 8 heteroatoms. The van der Waals surface area contributed by atoms with Gasteiger partial charge in [0.15, 0.2) is 0 Å². The summed E-state index contributed by atoms with van der Waals surface area (Å²) >= 11 is 8.91. The molecule has 0 fully saturated rings. The molecule has 3 aromatic rings. The first-order valence-corrected chi connectivity index (χ1v) is 14.0. The van der Waals surface area contributed by atoms with Gasteiger partial charge < -0.3 is 5.32 Å². The van der Waals surface area contributed by atoms with E-state index in [2.05, 4.69) is 43.2 Å². The number of carbonyl (C=O) groups is 1. The predicted molar refractivity (Wildman–Crippen MR) is 147 cm³/mol. The van der Waals surface area contributed by atoms with Gasteiger partial charge in [0.25, 0.3) is 0 Å². The molecule has 1 aliphatic carbocycles. The highest BCUT2D eigenvalue weighted by atomic mass is 35.5. The number of hydrogen-bond acceptors (Lipinski definition) is 6. The van der Waals surface area contributed by atoms with Crippen molar-refractivity contribution >= 4 is 45.6 Å². The molecule has 0 aliphatic heterocycles. The lowest BCUT2D eigenvalue weighted by atomic mass is 9.72. The minimum Gasteiger partial charge on any atom is -0.317 e. The Morgan fingerprint density at radius 3 is 2.61 bits per heavy atom. The summed E-state index contributed by atoms with van der Waals surface area (Å²) in [6.45, 7) is 6.79. The Labute approximate surface area is 225 Å². The van der Waals surface area contributed by atoms with Crippen LogP contribution in [0.25, 0.3) is 11.3 Å². The first kappa shape index (κ1) is 26.2. The van der Waals surface area contributed by atoms with Crippen LogP contribution in [0, 0.1) is 34.0 Å². The molecule has 0 saturated carbocycles. The molecule has 2 heterocycles. The van der Waals surface area contributed by atoms with Gasteiger partial charge >= 0.3 is 0 Å². The Bertz CT molecular complexity index is 1360. The highest BCUT2D eigenvalue weighted by Crippen LogP contribution is 2.44. The van der Waals surface area contributed by atoms with Crippen molar-refractivity contribution in [1.82, 2.24) is 4.98 Å². The lowest BCUT2D eigenvalue weighted by molar-refractivity contribution is -0.115. The van der Waals surface area contributed by atoms with Gasteiger partial charge in [-0.3, -0.25) is 4.79 Å². The average Bonchev–Trinajstić information content (AvgIpc) is 3.20. The molecule has 0 bridgehead atoms. The fourth-order valence-corrected chi connectivity index (χ4v) is 6.71. The maximum absolute atomic E-state index is 12.8. The molecule has 0 spiro atoms. The number of amides is 1. The SMILES string of the molecule is CC(C)(C)C1CCc2c(sc(NC(=O)CCSc3nc(-c4ccc(Cl)cc4)ccc3C#N)c2C#N)C1. The van der Waals surface area contributed by atoms with Gasteiger partial charge in [-0.15, -0.1) is 23.1 Å². The highest BCUT2D eigenvalue weighted by molar-refractivity contribution is 7.99. The van der Waals surface area contributed by atoms with Crippen LogP contribution in [0.3, 0.4) is 0 Å². The van der Waals surface area contributed by atoms with E-state index in [1.165, 1.54) is 16.6 Å². The van der Waals surface area contributed by atoms with E-state index in [1.54, 1.807) is 29.5 Å². The summed E-state index contributed by atoms with van der Waals surface area (Å²) in [7, 11) is 0. The Hall–Kier alpha value is -2.84. The van der Waals surface area contributed by atoms with Gasteiger partial charge in [0, 0.05) is 27.6 Å². The Kier molecular flexibility index (Phi) is 8.05. The summed E-state index contributed by atoms with van der Waals surface area (Å²) in [5.41, 5.74) is 4.07. The van der Waals surface area contributed by atoms with E-state index in [4.69, 9.17) is 11.6 Å². The number of nitrogens with zero attached hydrogens (tertiary/aromatic N) is 3. The number of thioether (sulfide) groups is 1. The number of carbonyl (C=O) groups excluding carboxylic acids is 1. The molecule has 1 aromatic carbocycles. The molecule has 0 radical (unpaired) electrons. The molecule has 4 rings (SSSR count). The zero-order valence-electron chi connectivity index (χ0n) is 20.5. The lowest BCUT2D eigenvalue weighted by Gasteiger charge is -2.33. The second kappa shape index (κ2) is 11.0. The number of pyridine rings is 1. The zero-order valence-corrected chi connectivity index (χ0v) is 22.9. The van der Waals surface area contributed by atoms with Crippen LogP contribution in [0.2, 0.25) is 5.02 Å². The molecule has 1 N–H and O–H groups in total. The van der Waals surface area contributed by atoms with E-state index in [9.17, 15) is 15.3 Å². The number of nitriles is 2. The molecule has 1 unspecified atom stereocenters. The third-order valence-corrected chi connectivity index (χ3v) is 8.96. The quantitative estimate of drug-likeness (QED) is 0.331. The monoisotopic (exact) mass is 534 g/mol. The molecule has 2 aromatic heterocycles. The van der Waals surface area contributed by atoms with Crippen LogP contribution in [-0.4, -0.2) is 16.6 Å². The first-order valence-electron chi connectivity index (χ1n) is 11.8. The molecule has 36 heavy (non-hydrogen) atoms. The third kappa shape index (κ3) is 5.93. The van der Waals surface area contributed by atoms with Gasteiger partial charge in [-0.05, 0) is 60.4 Å². The van der Waals surface area contributed by atoms with Gasteiger partial charge in [0.2, 0.25) is 5.91 Å². The second-order valence-corrected chi connectivity index (χ2v) is 12.6. The summed E-state index contributed by atoms with van der Waals surface area (Å²) in [6.07, 6.45) is 3.15. The van der Waals surface area contributed by atoms with Crippen LogP contribution in [0.5, 0.6) is 0 Å². The van der Waals surface area contributed by atoms with Crippen molar-refractivity contribution in [3.05, 3.63) is 63.0 Å². The van der Waals surface area contributed by atoms with Crippen molar-refractivity contribution in [3.63, 3.8) is 0 Å². The number of thiophene rings is 1. The smallest absolute Gasteiger partial charge is 0.225 e. The third-order valence-electron chi connectivity index (χ3n) is 6.54. The summed E-state index contributed by atoms with van der Waals surface area (Å²) in [4.78, 5) is 18.6. The van der Waals surface area contributed by atoms with Crippen LogP contribution in [0.1, 0.15) is 55.2 Å². The standard InChI is InChI=1S/C28H27ClN4OS2/c1-28(2,3)19-7-10-21-22(16-31)27(36-24(21)14-19)33-25(34)12-13-35-26-18(15-30)6-11-23(32-26)17-4-8-20(29)9-5-17/h4-6,8-9,11,19H,7,10,12-14H2,1-3H3,(H,33,34). The molecule has 184 valence electrons. The summed E-state index contributed by atoms with van der Waals surface area (Å²) in [6, 6.07) is 15.4. The number of nitrogens with one attached hydrogen (secondary N) is 1. The van der Waals surface area contributed by atoms with Crippen LogP contribution in [0.15, 0.2) is 41.4 Å². The van der Waals surface area contributed by atoms with E-state index in [-0.39, 0.29) is 17.7 Å². The fourth-order valence-electron chi connectivity index (χ4n) is 4.38. The number of fused-ring (bicyclic) bond motifs is 1. The van der Waals surface area contributed by atoms with E-state index in [0.29, 0.717) is 37.8 Å². The van der Waals surface area contributed by atoms with E-state index < -0.39 is 0 Å². The number of anilines is 1. The van der Waals surface area contributed by atoms with Crippen molar-refractivity contribution in [2.24, 2.45) is 11.3 Å². The lowest BCUT2D eigenvalue weighted by Crippen LogP contribution is -2.26. The summed E-state index contributed by atoms with van der Waals surface area (Å²) < 4.78 is 0. The minimum absolute atomic E-state index is 0.141. The maximum atomic E-state index is 12.8. The predicted octanol–water partition coefficient (Wildman–Crippen LogP) is 7.48. The number of rotatable bonds is 6. The van der Waals surface area contributed by atoms with Crippen molar-refractivity contribution in [2.45, 2.75) is 51.5 Å². The van der Waals surface area contributed by atoms with Crippen molar-refractivity contribution in [2.75, 3.05) is 11.1 Å². The topological polar surface area (TPSA) is 89.6 Å². The molecule has 1 aliphatic rings. The largest absolute Gasteiger partial charge is 0.317 e. The number of halogens is 1. The van der Waals surface area contributed by atoms with Crippen molar-refractivity contribution < 1.29 is 4.79 Å². The first-order chi connectivity index (χ1) is 17.2. The number of hydrogen-bond donors (Lipinski definition) is 1. The van der Waals surface area contributed by atoms with E-state index in [1.807, 2.05) is 18.2 Å². The summed E-state index contributed by atoms with van der Waals surface area (Å²) in [5.74, 6) is 0.898. The van der Waals surface area contributed by atoms with Crippen molar-refractivity contribution in [3.8, 4) is 23.4 Å². The van der Waals surface area contributed by atoms with Gasteiger partial charge in [0.1, 0.15) is 22.2 Å². The van der Waals surface area contributed by atoms with Crippen LogP contribution in [-0.2, 0) is 17.6 Å². The second-order valence-electron chi connectivity index (χ2n) is 9.94. The summed E-state index contributed by atoms with van der Waals surface area (Å²) in [5, 5.41) is 24.1. The molecular weight excluding hydrogens is 508 g/mol. The van der Waals surface area contributed by atoms with Gasteiger partial charge in [-0.1, -0.05) is 44.5 Å². The van der Waals surface area contributed by atoms with Crippen LogP contribution < -0.4 is 5.32 Å². The molecule has 5 nitrogen and oxygen atoms in total. The van der Waals surface area contributed by atoms with Crippen LogP contribution >= 0.6 is 34.7 Å². The molecule has 1 amide bonds. The van der Waals surface area contributed by atoms with Crippen molar-refractivity contribution in [1.29, 1.82) is 10.5 Å². The van der Waals surface area contributed by atoms with Crippen LogP contribution in [0.4, 0.5) is 5.00 Å². The maximum Gasteiger partial charge on any atom is 0.225 e. The molecule has 1 atom stereocenters. The average molecular weight is 535 g/mol. The highest BCUT2D eigenvalue weighted by Gasteiger charge is 2.32. The van der Waals surface area contributed by atoms with E-state index in [0.717, 1.165) is 36.1 Å². The molecule has 0 saturated heterocycles. The fraction of sp³-hybridized carbons (Fsp3) is 0.357. The number of aromatic nitrogens is 1. The molecular formula is C28H27ClN4OS2. The minimum atomic E-state index is -0.141. The van der Waals surface area contributed by atoms with Gasteiger partial charge in [0.05, 0.1) is 16.8 Å². The normalized spacial score (nSPS) is 15.0. The van der Waals surface area contributed by atoms with E-state index >= 15 is 0 Å². The Morgan fingerprint density at radius 1 is 1.19 bits per heavy atom. The Balaban J connectivity index is 1.41. The number of benzene rings is 1. The Morgan fingerprint density at radius 2 is 1.94 bits per heavy atom.